The summed E-state index contributed by atoms with van der Waals surface area (Å²) in [5.74, 6) is 0.198. The van der Waals surface area contributed by atoms with Gasteiger partial charge in [0.1, 0.15) is 10.6 Å². The average Bonchev–Trinajstić information content (AvgIpc) is 2.61. The van der Waals surface area contributed by atoms with Gasteiger partial charge in [-0.25, -0.2) is 13.2 Å². The number of urea groups is 1. The van der Waals surface area contributed by atoms with Gasteiger partial charge < -0.3 is 15.0 Å². The minimum atomic E-state index is -3.90. The molecule has 0 saturated heterocycles. The van der Waals surface area contributed by atoms with Crippen LogP contribution in [0, 0.1) is 0 Å². The zero-order valence-corrected chi connectivity index (χ0v) is 15.8. The van der Waals surface area contributed by atoms with E-state index in [1.807, 2.05) is 6.92 Å². The second-order valence-electron chi connectivity index (χ2n) is 5.72. The highest BCUT2D eigenvalue weighted by molar-refractivity contribution is 7.92. The van der Waals surface area contributed by atoms with Crippen LogP contribution in [0.2, 0.25) is 5.02 Å². The standard InChI is InChI=1S/C17H18ClN3O4S/c1-3-21-10-11-8-13(5-6-14(11)19-17(21)22)20-26(23,24)16-9-12(18)4-7-15(16)25-2/h4-9,20H,3,10H2,1-2H3,(H,19,22). The molecule has 0 bridgehead atoms. The van der Waals surface area contributed by atoms with Crippen molar-refractivity contribution in [2.45, 2.75) is 18.4 Å². The van der Waals surface area contributed by atoms with Crippen LogP contribution in [-0.4, -0.2) is 33.0 Å². The molecule has 0 unspecified atom stereocenters. The van der Waals surface area contributed by atoms with E-state index in [0.717, 1.165) is 5.56 Å². The van der Waals surface area contributed by atoms with E-state index in [0.29, 0.717) is 24.5 Å². The Morgan fingerprint density at radius 3 is 2.73 bits per heavy atom. The summed E-state index contributed by atoms with van der Waals surface area (Å²) < 4.78 is 33.1. The van der Waals surface area contributed by atoms with E-state index in [1.54, 1.807) is 29.2 Å². The van der Waals surface area contributed by atoms with E-state index in [9.17, 15) is 13.2 Å². The maximum absolute atomic E-state index is 12.7. The van der Waals surface area contributed by atoms with Crippen molar-refractivity contribution in [1.82, 2.24) is 4.90 Å². The summed E-state index contributed by atoms with van der Waals surface area (Å²) in [6.45, 7) is 2.84. The van der Waals surface area contributed by atoms with Gasteiger partial charge in [0.05, 0.1) is 7.11 Å². The summed E-state index contributed by atoms with van der Waals surface area (Å²) in [6, 6.07) is 9.19. The minimum absolute atomic E-state index is 0.0475. The van der Waals surface area contributed by atoms with Crippen LogP contribution >= 0.6 is 11.6 Å². The first-order valence-electron chi connectivity index (χ1n) is 7.89. The van der Waals surface area contributed by atoms with Crippen molar-refractivity contribution in [3.05, 3.63) is 47.0 Å². The smallest absolute Gasteiger partial charge is 0.322 e. The van der Waals surface area contributed by atoms with Crippen molar-refractivity contribution in [2.75, 3.05) is 23.7 Å². The fraction of sp³-hybridized carbons (Fsp3) is 0.235. The maximum Gasteiger partial charge on any atom is 0.322 e. The van der Waals surface area contributed by atoms with Gasteiger partial charge >= 0.3 is 6.03 Å². The predicted molar refractivity (Wildman–Crippen MR) is 100 cm³/mol. The number of carbonyl (C=O) groups excluding carboxylic acids is 1. The van der Waals surface area contributed by atoms with Gasteiger partial charge in [0.15, 0.2) is 0 Å². The van der Waals surface area contributed by atoms with Gasteiger partial charge in [0.2, 0.25) is 0 Å². The number of anilines is 2. The third-order valence-corrected chi connectivity index (χ3v) is 5.68. The Labute approximate surface area is 157 Å². The van der Waals surface area contributed by atoms with Gasteiger partial charge in [-0.3, -0.25) is 4.72 Å². The van der Waals surface area contributed by atoms with Crippen molar-refractivity contribution >= 4 is 39.0 Å². The molecule has 2 aromatic carbocycles. The van der Waals surface area contributed by atoms with Crippen LogP contribution in [0.1, 0.15) is 12.5 Å². The highest BCUT2D eigenvalue weighted by atomic mass is 35.5. The van der Waals surface area contributed by atoms with Crippen LogP contribution in [0.4, 0.5) is 16.2 Å². The van der Waals surface area contributed by atoms with Crippen molar-refractivity contribution in [1.29, 1.82) is 0 Å². The first kappa shape index (κ1) is 18.3. The second-order valence-corrected chi connectivity index (χ2v) is 7.80. The SMILES string of the molecule is CCN1Cc2cc(NS(=O)(=O)c3cc(Cl)ccc3OC)ccc2NC1=O. The lowest BCUT2D eigenvalue weighted by Gasteiger charge is -2.28. The number of hydrogen-bond acceptors (Lipinski definition) is 4. The zero-order valence-electron chi connectivity index (χ0n) is 14.2. The fourth-order valence-electron chi connectivity index (χ4n) is 2.71. The third-order valence-electron chi connectivity index (χ3n) is 4.04. The lowest BCUT2D eigenvalue weighted by molar-refractivity contribution is 0.210. The molecule has 3 rings (SSSR count). The summed E-state index contributed by atoms with van der Waals surface area (Å²) in [5.41, 5.74) is 1.88. The van der Waals surface area contributed by atoms with Gasteiger partial charge in [-0.05, 0) is 48.9 Å². The number of benzene rings is 2. The molecule has 1 aliphatic rings. The number of fused-ring (bicyclic) bond motifs is 1. The van der Waals surface area contributed by atoms with E-state index in [1.165, 1.54) is 19.2 Å². The molecular formula is C17H18ClN3O4S. The highest BCUT2D eigenvalue weighted by Gasteiger charge is 2.23. The monoisotopic (exact) mass is 395 g/mol. The zero-order chi connectivity index (χ0) is 18.9. The Kier molecular flexibility index (Phi) is 4.97. The van der Waals surface area contributed by atoms with Gasteiger partial charge in [0, 0.05) is 29.5 Å². The fourth-order valence-corrected chi connectivity index (χ4v) is 4.19. The Morgan fingerprint density at radius 2 is 2.04 bits per heavy atom. The lowest BCUT2D eigenvalue weighted by atomic mass is 10.1. The first-order valence-corrected chi connectivity index (χ1v) is 9.75. The minimum Gasteiger partial charge on any atom is -0.495 e. The Morgan fingerprint density at radius 1 is 1.27 bits per heavy atom. The largest absolute Gasteiger partial charge is 0.495 e. The van der Waals surface area contributed by atoms with E-state index >= 15 is 0 Å². The highest BCUT2D eigenvalue weighted by Crippen LogP contribution is 2.31. The number of carbonyl (C=O) groups is 1. The number of sulfonamides is 1. The summed E-state index contributed by atoms with van der Waals surface area (Å²) in [5, 5.41) is 3.07. The van der Waals surface area contributed by atoms with Gasteiger partial charge in [-0.2, -0.15) is 0 Å². The topological polar surface area (TPSA) is 87.7 Å². The lowest BCUT2D eigenvalue weighted by Crippen LogP contribution is -2.38. The van der Waals surface area contributed by atoms with Gasteiger partial charge in [-0.1, -0.05) is 11.6 Å². The number of nitrogens with zero attached hydrogens (tertiary/aromatic N) is 1. The van der Waals surface area contributed by atoms with Crippen LogP contribution in [0.25, 0.3) is 0 Å². The number of ether oxygens (including phenoxy) is 1. The Hall–Kier alpha value is -2.45. The molecule has 2 aromatic rings. The Balaban J connectivity index is 1.92. The summed E-state index contributed by atoms with van der Waals surface area (Å²) in [7, 11) is -2.50. The number of amides is 2. The van der Waals surface area contributed by atoms with Crippen LogP contribution in [0.3, 0.4) is 0 Å². The molecule has 0 aliphatic carbocycles. The van der Waals surface area contributed by atoms with E-state index in [2.05, 4.69) is 10.0 Å². The van der Waals surface area contributed by atoms with Crippen LogP contribution < -0.4 is 14.8 Å². The Bertz CT molecular complexity index is 962. The molecule has 138 valence electrons. The number of hydrogen-bond donors (Lipinski definition) is 2. The quantitative estimate of drug-likeness (QED) is 0.810. The molecule has 0 aromatic heterocycles. The summed E-state index contributed by atoms with van der Waals surface area (Å²) in [4.78, 5) is 13.4. The van der Waals surface area contributed by atoms with Crippen molar-refractivity contribution in [3.63, 3.8) is 0 Å². The average molecular weight is 396 g/mol. The molecule has 0 fully saturated rings. The molecular weight excluding hydrogens is 378 g/mol. The van der Waals surface area contributed by atoms with E-state index in [4.69, 9.17) is 16.3 Å². The molecule has 26 heavy (non-hydrogen) atoms. The van der Waals surface area contributed by atoms with Gasteiger partial charge in [-0.15, -0.1) is 0 Å². The summed E-state index contributed by atoms with van der Waals surface area (Å²) >= 11 is 5.93. The maximum atomic E-state index is 12.7. The normalized spacial score (nSPS) is 13.8. The second kappa shape index (κ2) is 7.05. The third kappa shape index (κ3) is 3.56. The van der Waals surface area contributed by atoms with Crippen LogP contribution in [-0.2, 0) is 16.6 Å². The number of rotatable bonds is 5. The predicted octanol–water partition coefficient (Wildman–Crippen LogP) is 3.52. The molecule has 1 aliphatic heterocycles. The molecule has 1 heterocycles. The van der Waals surface area contributed by atoms with Crippen molar-refractivity contribution in [2.24, 2.45) is 0 Å². The summed E-state index contributed by atoms with van der Waals surface area (Å²) in [6.07, 6.45) is 0. The molecule has 2 N–H and O–H groups in total. The first-order chi connectivity index (χ1) is 12.3. The van der Waals surface area contributed by atoms with Crippen LogP contribution in [0.5, 0.6) is 5.75 Å². The molecule has 0 radical (unpaired) electrons. The van der Waals surface area contributed by atoms with Crippen LogP contribution in [0.15, 0.2) is 41.3 Å². The van der Waals surface area contributed by atoms with Crippen molar-refractivity contribution in [3.8, 4) is 5.75 Å². The molecule has 9 heteroatoms. The molecule has 0 spiro atoms. The molecule has 0 saturated carbocycles. The number of halogens is 1. The number of methoxy groups -OCH3 is 1. The van der Waals surface area contributed by atoms with Crippen molar-refractivity contribution < 1.29 is 17.9 Å². The van der Waals surface area contributed by atoms with Gasteiger partial charge in [0.25, 0.3) is 10.0 Å². The molecule has 0 atom stereocenters. The van der Waals surface area contributed by atoms with E-state index < -0.39 is 10.0 Å². The van der Waals surface area contributed by atoms with E-state index in [-0.39, 0.29) is 21.7 Å². The molecule has 7 nitrogen and oxygen atoms in total. The number of nitrogens with one attached hydrogen (secondary N) is 2. The molecule has 2 amide bonds.